The van der Waals surface area contributed by atoms with Crippen molar-refractivity contribution in [3.05, 3.63) is 69.4 Å². The Balaban J connectivity index is 2.10. The molecule has 2 aromatic carbocycles. The third-order valence-electron chi connectivity index (χ3n) is 5.05. The van der Waals surface area contributed by atoms with Crippen LogP contribution in [0.15, 0.2) is 41.3 Å². The van der Waals surface area contributed by atoms with Gasteiger partial charge in [-0.25, -0.2) is 8.99 Å². The van der Waals surface area contributed by atoms with E-state index in [1.54, 1.807) is 13.0 Å². The van der Waals surface area contributed by atoms with E-state index in [4.69, 9.17) is 21.1 Å². The van der Waals surface area contributed by atoms with Gasteiger partial charge >= 0.3 is 6.18 Å². The first-order valence-corrected chi connectivity index (χ1v) is 12.1. The predicted octanol–water partition coefficient (Wildman–Crippen LogP) is 6.15. The second-order valence-electron chi connectivity index (χ2n) is 7.60. The van der Waals surface area contributed by atoms with Crippen molar-refractivity contribution in [2.75, 3.05) is 11.6 Å². The summed E-state index contributed by atoms with van der Waals surface area (Å²) in [6, 6.07) is 8.88. The van der Waals surface area contributed by atoms with Gasteiger partial charge in [0.2, 0.25) is 0 Å². The van der Waals surface area contributed by atoms with Gasteiger partial charge in [0.25, 0.3) is 11.8 Å². The number of hydrogen-bond donors (Lipinski definition) is 2. The van der Waals surface area contributed by atoms with E-state index in [2.05, 4.69) is 15.5 Å². The summed E-state index contributed by atoms with van der Waals surface area (Å²) in [6.45, 7) is 4.65. The number of nitrogens with zero attached hydrogens (tertiary/aromatic N) is 2. The van der Waals surface area contributed by atoms with Crippen LogP contribution in [0.4, 0.5) is 18.9 Å². The van der Waals surface area contributed by atoms with Gasteiger partial charge in [0, 0.05) is 16.8 Å². The Hall–Kier alpha value is -3.18. The van der Waals surface area contributed by atoms with E-state index < -0.39 is 44.5 Å². The topological polar surface area (TPSA) is 105 Å². The molecule has 1 heterocycles. The number of aromatic nitrogens is 2. The predicted molar refractivity (Wildman–Crippen MR) is 122 cm³/mol. The average Bonchev–Trinajstić information content (AvgIpc) is 2.73. The normalized spacial score (nSPS) is 13.3. The third-order valence-corrected chi connectivity index (χ3v) is 6.67. The first-order chi connectivity index (χ1) is 15.7. The number of hydrogen-bond acceptors (Lipinski definition) is 6. The standard InChI is InChI=1S/C22H20ClF3N4O3S/c1-11-8-9-16(18(23)12(11)2)33-21-17(13(3)19(29-30-21)22(24,25)26)20(31)28-14-6-5-7-15(10-14)34(4,27)32/h5-10,27H,1-4H3,(H,28,31). The van der Waals surface area contributed by atoms with Crippen LogP contribution in [0.1, 0.15) is 32.7 Å². The molecular weight excluding hydrogens is 493 g/mol. The number of benzene rings is 2. The molecule has 1 aromatic heterocycles. The SMILES string of the molecule is Cc1ccc(Oc2nnc(C(F)(F)F)c(C)c2C(=O)Nc2cccc(S(C)(=N)=O)c2)c(Cl)c1C. The number of nitrogens with one attached hydrogen (secondary N) is 2. The zero-order valence-electron chi connectivity index (χ0n) is 18.5. The maximum atomic E-state index is 13.5. The van der Waals surface area contributed by atoms with Gasteiger partial charge in [-0.1, -0.05) is 23.7 Å². The summed E-state index contributed by atoms with van der Waals surface area (Å²) in [5.74, 6) is -1.34. The highest BCUT2D eigenvalue weighted by Gasteiger charge is 2.38. The van der Waals surface area contributed by atoms with Gasteiger partial charge in [0.15, 0.2) is 5.69 Å². The molecule has 1 unspecified atom stereocenters. The number of amides is 1. The number of aryl methyl sites for hydroxylation is 1. The molecule has 34 heavy (non-hydrogen) atoms. The van der Waals surface area contributed by atoms with Gasteiger partial charge < -0.3 is 10.1 Å². The molecule has 2 N–H and O–H groups in total. The zero-order valence-corrected chi connectivity index (χ0v) is 20.1. The lowest BCUT2D eigenvalue weighted by Crippen LogP contribution is -2.21. The maximum Gasteiger partial charge on any atom is 0.435 e. The molecule has 12 heteroatoms. The van der Waals surface area contributed by atoms with E-state index in [-0.39, 0.29) is 21.4 Å². The molecule has 0 radical (unpaired) electrons. The number of halogens is 4. The summed E-state index contributed by atoms with van der Waals surface area (Å²) in [7, 11) is -3.08. The minimum atomic E-state index is -4.86. The van der Waals surface area contributed by atoms with Gasteiger partial charge in [-0.15, -0.1) is 10.2 Å². The highest BCUT2D eigenvalue weighted by Crippen LogP contribution is 2.37. The van der Waals surface area contributed by atoms with Gasteiger partial charge in [-0.05, 0) is 61.7 Å². The Kier molecular flexibility index (Phi) is 6.90. The third kappa shape index (κ3) is 5.31. The zero-order chi connectivity index (χ0) is 25.4. The van der Waals surface area contributed by atoms with Gasteiger partial charge in [-0.3, -0.25) is 4.79 Å². The largest absolute Gasteiger partial charge is 0.435 e. The molecule has 180 valence electrons. The van der Waals surface area contributed by atoms with Crippen molar-refractivity contribution in [3.63, 3.8) is 0 Å². The molecule has 7 nitrogen and oxygen atoms in total. The van der Waals surface area contributed by atoms with Gasteiger partial charge in [-0.2, -0.15) is 13.2 Å². The van der Waals surface area contributed by atoms with Crippen LogP contribution in [0.25, 0.3) is 0 Å². The van der Waals surface area contributed by atoms with Gasteiger partial charge in [0.1, 0.15) is 11.3 Å². The van der Waals surface area contributed by atoms with E-state index in [1.165, 1.54) is 36.6 Å². The van der Waals surface area contributed by atoms with Gasteiger partial charge in [0.05, 0.1) is 14.8 Å². The number of rotatable bonds is 5. The van der Waals surface area contributed by atoms with Crippen molar-refractivity contribution in [2.24, 2.45) is 0 Å². The Morgan fingerprint density at radius 2 is 1.79 bits per heavy atom. The van der Waals surface area contributed by atoms with E-state index >= 15 is 0 Å². The Bertz CT molecular complexity index is 1390. The van der Waals surface area contributed by atoms with Crippen LogP contribution < -0.4 is 10.1 Å². The highest BCUT2D eigenvalue weighted by atomic mass is 35.5. The van der Waals surface area contributed by atoms with Crippen molar-refractivity contribution in [1.82, 2.24) is 10.2 Å². The lowest BCUT2D eigenvalue weighted by molar-refractivity contribution is -0.142. The fraction of sp³-hybridized carbons (Fsp3) is 0.227. The molecule has 0 aliphatic rings. The monoisotopic (exact) mass is 512 g/mol. The van der Waals surface area contributed by atoms with Crippen molar-refractivity contribution >= 4 is 32.9 Å². The Morgan fingerprint density at radius 1 is 1.12 bits per heavy atom. The highest BCUT2D eigenvalue weighted by molar-refractivity contribution is 7.91. The molecule has 0 saturated carbocycles. The van der Waals surface area contributed by atoms with Crippen LogP contribution in [0, 0.1) is 25.6 Å². The molecule has 1 atom stereocenters. The van der Waals surface area contributed by atoms with E-state index in [0.717, 1.165) is 12.5 Å². The summed E-state index contributed by atoms with van der Waals surface area (Å²) < 4.78 is 65.8. The summed E-state index contributed by atoms with van der Waals surface area (Å²) in [6.07, 6.45) is -3.65. The van der Waals surface area contributed by atoms with Crippen LogP contribution in [-0.2, 0) is 15.9 Å². The summed E-state index contributed by atoms with van der Waals surface area (Å²) in [5.41, 5.74) is -0.642. The van der Waals surface area contributed by atoms with Crippen LogP contribution in [0.2, 0.25) is 5.02 Å². The first kappa shape index (κ1) is 25.4. The fourth-order valence-electron chi connectivity index (χ4n) is 3.06. The van der Waals surface area contributed by atoms with Crippen molar-refractivity contribution in [1.29, 1.82) is 4.78 Å². The molecule has 3 aromatic rings. The Morgan fingerprint density at radius 3 is 2.41 bits per heavy atom. The molecule has 0 bridgehead atoms. The molecule has 0 spiro atoms. The fourth-order valence-corrected chi connectivity index (χ4v) is 4.00. The van der Waals surface area contributed by atoms with Crippen LogP contribution in [0.3, 0.4) is 0 Å². The first-order valence-electron chi connectivity index (χ1n) is 9.73. The van der Waals surface area contributed by atoms with Crippen molar-refractivity contribution < 1.29 is 26.9 Å². The van der Waals surface area contributed by atoms with Crippen LogP contribution >= 0.6 is 11.6 Å². The number of alkyl halides is 3. The molecule has 0 fully saturated rings. The number of carbonyl (C=O) groups excluding carboxylic acids is 1. The quantitative estimate of drug-likeness (QED) is 0.426. The van der Waals surface area contributed by atoms with Crippen LogP contribution in [-0.4, -0.2) is 26.6 Å². The summed E-state index contributed by atoms with van der Waals surface area (Å²) >= 11 is 6.32. The van der Waals surface area contributed by atoms with E-state index in [0.29, 0.717) is 5.56 Å². The molecule has 0 aliphatic carbocycles. The second kappa shape index (κ2) is 9.22. The lowest BCUT2D eigenvalue weighted by atomic mass is 10.1. The molecule has 0 saturated heterocycles. The molecule has 3 rings (SSSR count). The minimum absolute atomic E-state index is 0.0919. The van der Waals surface area contributed by atoms with Crippen molar-refractivity contribution in [2.45, 2.75) is 31.8 Å². The minimum Gasteiger partial charge on any atom is -0.435 e. The number of carbonyl (C=O) groups is 1. The van der Waals surface area contributed by atoms with Crippen molar-refractivity contribution in [3.8, 4) is 11.6 Å². The Labute approximate surface area is 199 Å². The number of ether oxygens (including phenoxy) is 1. The number of anilines is 1. The van der Waals surface area contributed by atoms with E-state index in [1.807, 2.05) is 6.92 Å². The maximum absolute atomic E-state index is 13.5. The van der Waals surface area contributed by atoms with E-state index in [9.17, 15) is 22.2 Å². The second-order valence-corrected chi connectivity index (χ2v) is 10.1. The average molecular weight is 513 g/mol. The summed E-state index contributed by atoms with van der Waals surface area (Å²) in [4.78, 5) is 13.3. The molecule has 0 aliphatic heterocycles. The smallest absolute Gasteiger partial charge is 0.435 e. The molecular formula is C22H20ClF3N4O3S. The van der Waals surface area contributed by atoms with Crippen LogP contribution in [0.5, 0.6) is 11.6 Å². The summed E-state index contributed by atoms with van der Waals surface area (Å²) in [5, 5.41) is 9.42. The lowest BCUT2D eigenvalue weighted by Gasteiger charge is -2.17. The molecule has 1 amide bonds.